The topological polar surface area (TPSA) is 95.9 Å². The number of carboxylic acid groups (broad SMARTS) is 1. The van der Waals surface area contributed by atoms with Gasteiger partial charge >= 0.3 is 12.1 Å². The van der Waals surface area contributed by atoms with Crippen LogP contribution >= 0.6 is 0 Å². The lowest BCUT2D eigenvalue weighted by atomic mass is 9.60. The number of carbonyl (C=O) groups is 1. The molecule has 2 fully saturated rings. The number of rotatable bonds is 8. The van der Waals surface area contributed by atoms with Gasteiger partial charge in [-0.25, -0.2) is 26.7 Å². The van der Waals surface area contributed by atoms with Crippen molar-refractivity contribution >= 4 is 16.0 Å². The number of hydrogen-bond acceptors (Lipinski definition) is 5. The first kappa shape index (κ1) is 29.8. The summed E-state index contributed by atoms with van der Waals surface area (Å²) in [6.07, 6.45) is -3.65. The molecule has 1 aliphatic heterocycles. The lowest BCUT2D eigenvalue weighted by Crippen LogP contribution is -2.54. The first-order chi connectivity index (χ1) is 17.8. The van der Waals surface area contributed by atoms with E-state index in [2.05, 4.69) is 9.62 Å². The summed E-state index contributed by atoms with van der Waals surface area (Å²) >= 11 is 0. The van der Waals surface area contributed by atoms with Crippen molar-refractivity contribution in [2.45, 2.75) is 55.8 Å². The van der Waals surface area contributed by atoms with E-state index in [0.29, 0.717) is 10.6 Å². The third kappa shape index (κ3) is 8.63. The zero-order chi connectivity index (χ0) is 28.0. The van der Waals surface area contributed by atoms with E-state index in [-0.39, 0.29) is 11.5 Å². The zero-order valence-electron chi connectivity index (χ0n) is 20.3. The Balaban J connectivity index is 0.000000505. The Morgan fingerprint density at radius 1 is 1.05 bits per heavy atom. The highest BCUT2D eigenvalue weighted by molar-refractivity contribution is 7.89. The van der Waals surface area contributed by atoms with Gasteiger partial charge in [-0.05, 0) is 74.0 Å². The molecule has 38 heavy (non-hydrogen) atoms. The SMILES string of the molecule is O=C(O)C(F)(F)F.O=S(=O)(NC1CC2(CCN(Cc3ccc(OCC(F)F)cc3)CC2)C1)c1ccccc1. The maximum absolute atomic E-state index is 12.5. The zero-order valence-corrected chi connectivity index (χ0v) is 21.1. The van der Waals surface area contributed by atoms with Gasteiger partial charge in [-0.2, -0.15) is 13.2 Å². The van der Waals surface area contributed by atoms with E-state index in [9.17, 15) is 30.4 Å². The molecular formula is C25H29F5N2O5S. The number of nitrogens with one attached hydrogen (secondary N) is 1. The summed E-state index contributed by atoms with van der Waals surface area (Å²) in [6, 6.07) is 15.8. The predicted octanol–water partition coefficient (Wildman–Crippen LogP) is 4.69. The highest BCUT2D eigenvalue weighted by atomic mass is 32.2. The van der Waals surface area contributed by atoms with Gasteiger partial charge in [-0.1, -0.05) is 30.3 Å². The number of nitrogens with zero attached hydrogens (tertiary/aromatic N) is 1. The molecular weight excluding hydrogens is 535 g/mol. The molecule has 0 atom stereocenters. The van der Waals surface area contributed by atoms with Crippen LogP contribution in [0.3, 0.4) is 0 Å². The molecule has 2 aromatic carbocycles. The van der Waals surface area contributed by atoms with Crippen LogP contribution < -0.4 is 9.46 Å². The van der Waals surface area contributed by atoms with Crippen LogP contribution in [0.15, 0.2) is 59.5 Å². The lowest BCUT2D eigenvalue weighted by molar-refractivity contribution is -0.192. The second kappa shape index (κ2) is 12.4. The molecule has 2 N–H and O–H groups in total. The Labute approximate surface area is 217 Å². The fourth-order valence-electron chi connectivity index (χ4n) is 4.66. The van der Waals surface area contributed by atoms with Gasteiger partial charge in [0, 0.05) is 12.6 Å². The van der Waals surface area contributed by atoms with Gasteiger partial charge in [0.2, 0.25) is 10.0 Å². The monoisotopic (exact) mass is 564 g/mol. The first-order valence-electron chi connectivity index (χ1n) is 11.9. The van der Waals surface area contributed by atoms with Crippen LogP contribution in [0, 0.1) is 5.41 Å². The fourth-order valence-corrected chi connectivity index (χ4v) is 5.92. The van der Waals surface area contributed by atoms with E-state index in [0.717, 1.165) is 50.9 Å². The summed E-state index contributed by atoms with van der Waals surface area (Å²) in [4.78, 5) is 11.6. The van der Waals surface area contributed by atoms with Crippen molar-refractivity contribution < 1.29 is 45.0 Å². The molecule has 2 aromatic rings. The molecule has 0 bridgehead atoms. The summed E-state index contributed by atoms with van der Waals surface area (Å²) in [7, 11) is -3.45. The van der Waals surface area contributed by atoms with Crippen molar-refractivity contribution in [3.8, 4) is 5.75 Å². The average molecular weight is 565 g/mol. The van der Waals surface area contributed by atoms with Gasteiger partial charge in [0.15, 0.2) is 0 Å². The number of benzene rings is 2. The second-order valence-electron chi connectivity index (χ2n) is 9.46. The third-order valence-electron chi connectivity index (χ3n) is 6.60. The molecule has 4 rings (SSSR count). The van der Waals surface area contributed by atoms with Crippen LogP contribution in [-0.4, -0.2) is 62.7 Å². The second-order valence-corrected chi connectivity index (χ2v) is 11.2. The van der Waals surface area contributed by atoms with Crippen molar-refractivity contribution in [1.82, 2.24) is 9.62 Å². The van der Waals surface area contributed by atoms with Crippen molar-refractivity contribution in [2.75, 3.05) is 19.7 Å². The minimum Gasteiger partial charge on any atom is -0.488 e. The van der Waals surface area contributed by atoms with Gasteiger partial charge in [-0.15, -0.1) is 0 Å². The lowest BCUT2D eigenvalue weighted by Gasteiger charge is -2.52. The van der Waals surface area contributed by atoms with E-state index >= 15 is 0 Å². The highest BCUT2D eigenvalue weighted by Gasteiger charge is 2.47. The molecule has 1 saturated carbocycles. The van der Waals surface area contributed by atoms with Crippen molar-refractivity contribution in [2.24, 2.45) is 5.41 Å². The number of halogens is 5. The Kier molecular flexibility index (Phi) is 9.71. The Hall–Kier alpha value is -2.77. The van der Waals surface area contributed by atoms with Gasteiger partial charge in [0.1, 0.15) is 12.4 Å². The number of hydrogen-bond donors (Lipinski definition) is 2. The molecule has 1 spiro atoms. The molecule has 0 radical (unpaired) electrons. The summed E-state index contributed by atoms with van der Waals surface area (Å²) < 4.78 is 89.0. The predicted molar refractivity (Wildman–Crippen MR) is 128 cm³/mol. The number of carboxylic acids is 1. The maximum atomic E-state index is 12.5. The van der Waals surface area contributed by atoms with Crippen LogP contribution in [0.2, 0.25) is 0 Å². The smallest absolute Gasteiger partial charge is 0.488 e. The van der Waals surface area contributed by atoms with Gasteiger partial charge in [0.25, 0.3) is 6.43 Å². The number of ether oxygens (including phenoxy) is 1. The molecule has 1 heterocycles. The molecule has 0 unspecified atom stereocenters. The van der Waals surface area contributed by atoms with Crippen LogP contribution in [0.5, 0.6) is 5.75 Å². The Morgan fingerprint density at radius 3 is 2.11 bits per heavy atom. The van der Waals surface area contributed by atoms with E-state index in [1.165, 1.54) is 0 Å². The summed E-state index contributed by atoms with van der Waals surface area (Å²) in [5, 5.41) is 7.12. The van der Waals surface area contributed by atoms with Crippen LogP contribution in [0.4, 0.5) is 22.0 Å². The van der Waals surface area contributed by atoms with Gasteiger partial charge in [-0.3, -0.25) is 4.90 Å². The molecule has 7 nitrogen and oxygen atoms in total. The fraction of sp³-hybridized carbons (Fsp3) is 0.480. The van der Waals surface area contributed by atoms with Crippen molar-refractivity contribution in [3.05, 3.63) is 60.2 Å². The highest BCUT2D eigenvalue weighted by Crippen LogP contribution is 2.49. The number of sulfonamides is 1. The molecule has 0 aromatic heterocycles. The van der Waals surface area contributed by atoms with Crippen LogP contribution in [0.1, 0.15) is 31.2 Å². The summed E-state index contributed by atoms with van der Waals surface area (Å²) in [5.41, 5.74) is 1.37. The molecule has 1 saturated heterocycles. The van der Waals surface area contributed by atoms with Crippen LogP contribution in [-0.2, 0) is 21.4 Å². The largest absolute Gasteiger partial charge is 0.490 e. The summed E-state index contributed by atoms with van der Waals surface area (Å²) in [6.45, 7) is 2.18. The van der Waals surface area contributed by atoms with E-state index < -0.39 is 35.2 Å². The standard InChI is InChI=1S/C23H28F2N2O3S.C2HF3O2/c24-22(25)17-30-20-8-6-18(7-9-20)16-27-12-10-23(11-13-27)14-19(15-23)26-31(28,29)21-4-2-1-3-5-21;3-2(4,5)1(6)7/h1-9,19,22,26H,10-17H2;(H,6,7). The van der Waals surface area contributed by atoms with E-state index in [1.54, 1.807) is 42.5 Å². The Morgan fingerprint density at radius 2 is 1.61 bits per heavy atom. The molecule has 13 heteroatoms. The number of aliphatic carboxylic acids is 1. The number of alkyl halides is 5. The van der Waals surface area contributed by atoms with Gasteiger partial charge in [0.05, 0.1) is 4.90 Å². The minimum atomic E-state index is -5.08. The number of likely N-dealkylation sites (tertiary alicyclic amines) is 1. The molecule has 0 amide bonds. The van der Waals surface area contributed by atoms with Gasteiger partial charge < -0.3 is 9.84 Å². The molecule has 2 aliphatic rings. The van der Waals surface area contributed by atoms with Crippen molar-refractivity contribution in [3.63, 3.8) is 0 Å². The van der Waals surface area contributed by atoms with E-state index in [1.807, 2.05) is 12.1 Å². The van der Waals surface area contributed by atoms with E-state index in [4.69, 9.17) is 14.6 Å². The quantitative estimate of drug-likeness (QED) is 0.452. The number of piperidine rings is 1. The molecule has 1 aliphatic carbocycles. The third-order valence-corrected chi connectivity index (χ3v) is 8.14. The molecule has 210 valence electrons. The van der Waals surface area contributed by atoms with Crippen LogP contribution in [0.25, 0.3) is 0 Å². The van der Waals surface area contributed by atoms with Crippen molar-refractivity contribution in [1.29, 1.82) is 0 Å². The first-order valence-corrected chi connectivity index (χ1v) is 13.4. The maximum Gasteiger partial charge on any atom is 0.490 e. The average Bonchev–Trinajstić information content (AvgIpc) is 2.84. The Bertz CT molecular complexity index is 1140. The summed E-state index contributed by atoms with van der Waals surface area (Å²) in [5.74, 6) is -2.30. The minimum absolute atomic E-state index is 0.0116. The normalized spacial score (nSPS) is 17.9.